The molecule has 2 aromatic rings. The molecule has 5 nitrogen and oxygen atoms in total. The second kappa shape index (κ2) is 7.78. The molecule has 2 aromatic carbocycles. The molecule has 0 radical (unpaired) electrons. The van der Waals surface area contributed by atoms with E-state index in [1.165, 1.54) is 12.1 Å². The highest BCUT2D eigenvalue weighted by Crippen LogP contribution is 2.31. The highest BCUT2D eigenvalue weighted by atomic mass is 19.1. The van der Waals surface area contributed by atoms with Gasteiger partial charge in [0.25, 0.3) is 5.91 Å². The van der Waals surface area contributed by atoms with Gasteiger partial charge >= 0.3 is 0 Å². The number of amides is 2. The SMILES string of the molecule is CC(C)C(=O)Nc1ccc2c(c1)CN(C(C)c1ccc(F)cc1)C(=O)CO2. The molecule has 1 N–H and O–H groups in total. The number of carbonyl (C=O) groups excluding carboxylic acids is 2. The summed E-state index contributed by atoms with van der Waals surface area (Å²) in [5.41, 5.74) is 2.33. The van der Waals surface area contributed by atoms with Crippen LogP contribution >= 0.6 is 0 Å². The Bertz CT molecular complexity index is 849. The lowest BCUT2D eigenvalue weighted by Crippen LogP contribution is -2.34. The van der Waals surface area contributed by atoms with E-state index in [1.54, 1.807) is 29.2 Å². The van der Waals surface area contributed by atoms with Crippen LogP contribution < -0.4 is 10.1 Å². The van der Waals surface area contributed by atoms with E-state index >= 15 is 0 Å². The minimum atomic E-state index is -0.313. The number of hydrogen-bond donors (Lipinski definition) is 1. The Balaban J connectivity index is 1.86. The van der Waals surface area contributed by atoms with Crippen LogP contribution in [0.3, 0.4) is 0 Å². The first kappa shape index (κ1) is 18.9. The lowest BCUT2D eigenvalue weighted by molar-refractivity contribution is -0.135. The van der Waals surface area contributed by atoms with Crippen LogP contribution in [0.15, 0.2) is 42.5 Å². The van der Waals surface area contributed by atoms with Gasteiger partial charge in [0.1, 0.15) is 11.6 Å². The first-order valence-corrected chi connectivity index (χ1v) is 8.96. The third-order valence-corrected chi connectivity index (χ3v) is 4.68. The number of fused-ring (bicyclic) bond motifs is 1. The number of rotatable bonds is 4. The minimum absolute atomic E-state index is 0.0593. The van der Waals surface area contributed by atoms with Crippen molar-refractivity contribution in [3.8, 4) is 5.75 Å². The predicted molar refractivity (Wildman–Crippen MR) is 101 cm³/mol. The van der Waals surface area contributed by atoms with Crippen molar-refractivity contribution >= 4 is 17.5 Å². The highest BCUT2D eigenvalue weighted by molar-refractivity contribution is 5.92. The second-order valence-corrected chi connectivity index (χ2v) is 7.00. The van der Waals surface area contributed by atoms with Gasteiger partial charge in [0.05, 0.1) is 12.6 Å². The Kier molecular flexibility index (Phi) is 5.44. The van der Waals surface area contributed by atoms with Crippen molar-refractivity contribution in [1.29, 1.82) is 0 Å². The number of hydrogen-bond acceptors (Lipinski definition) is 3. The summed E-state index contributed by atoms with van der Waals surface area (Å²) >= 11 is 0. The maximum absolute atomic E-state index is 13.2. The monoisotopic (exact) mass is 370 g/mol. The van der Waals surface area contributed by atoms with Gasteiger partial charge < -0.3 is 15.0 Å². The fourth-order valence-corrected chi connectivity index (χ4v) is 2.98. The fraction of sp³-hybridized carbons (Fsp3) is 0.333. The molecule has 0 saturated carbocycles. The molecule has 27 heavy (non-hydrogen) atoms. The average Bonchev–Trinajstić information content (AvgIpc) is 2.80. The molecule has 0 aromatic heterocycles. The highest BCUT2D eigenvalue weighted by Gasteiger charge is 2.27. The summed E-state index contributed by atoms with van der Waals surface area (Å²) in [6.45, 7) is 5.84. The number of anilines is 1. The summed E-state index contributed by atoms with van der Waals surface area (Å²) in [4.78, 5) is 26.2. The molecule has 1 aliphatic rings. The van der Waals surface area contributed by atoms with E-state index in [0.29, 0.717) is 18.0 Å². The molecule has 2 amide bonds. The van der Waals surface area contributed by atoms with E-state index in [0.717, 1.165) is 11.1 Å². The molecule has 0 bridgehead atoms. The molecule has 1 atom stereocenters. The second-order valence-electron chi connectivity index (χ2n) is 7.00. The molecule has 1 heterocycles. The third kappa shape index (κ3) is 4.27. The van der Waals surface area contributed by atoms with Gasteiger partial charge in [-0.25, -0.2) is 4.39 Å². The van der Waals surface area contributed by atoms with Gasteiger partial charge in [0, 0.05) is 17.2 Å². The quantitative estimate of drug-likeness (QED) is 0.888. The Morgan fingerprint density at radius 3 is 2.52 bits per heavy atom. The van der Waals surface area contributed by atoms with Gasteiger partial charge in [-0.05, 0) is 42.8 Å². The molecule has 1 unspecified atom stereocenters. The van der Waals surface area contributed by atoms with Gasteiger partial charge in [-0.1, -0.05) is 26.0 Å². The van der Waals surface area contributed by atoms with E-state index in [4.69, 9.17) is 4.74 Å². The van der Waals surface area contributed by atoms with Crippen molar-refractivity contribution in [2.75, 3.05) is 11.9 Å². The molecule has 6 heteroatoms. The summed E-state index contributed by atoms with van der Waals surface area (Å²) in [5, 5.41) is 2.87. The first-order valence-electron chi connectivity index (χ1n) is 8.96. The normalized spacial score (nSPS) is 15.0. The molecule has 0 saturated heterocycles. The van der Waals surface area contributed by atoms with Crippen LogP contribution in [0, 0.1) is 11.7 Å². The standard InChI is InChI=1S/C21H23FN2O3/c1-13(2)21(26)23-18-8-9-19-16(10-18)11-24(20(25)12-27-19)14(3)15-4-6-17(22)7-5-15/h4-10,13-14H,11-12H2,1-3H3,(H,23,26). The number of nitrogens with one attached hydrogen (secondary N) is 1. The Hall–Kier alpha value is -2.89. The zero-order valence-corrected chi connectivity index (χ0v) is 15.7. The van der Waals surface area contributed by atoms with Crippen LogP contribution in [-0.4, -0.2) is 23.3 Å². The number of halogens is 1. The number of ether oxygens (including phenoxy) is 1. The van der Waals surface area contributed by atoms with E-state index in [9.17, 15) is 14.0 Å². The maximum atomic E-state index is 13.2. The van der Waals surface area contributed by atoms with Crippen LogP contribution in [0.4, 0.5) is 10.1 Å². The van der Waals surface area contributed by atoms with Crippen LogP contribution in [0.2, 0.25) is 0 Å². The number of nitrogens with zero attached hydrogens (tertiary/aromatic N) is 1. The minimum Gasteiger partial charge on any atom is -0.483 e. The Morgan fingerprint density at radius 1 is 1.15 bits per heavy atom. The zero-order chi connectivity index (χ0) is 19.6. The smallest absolute Gasteiger partial charge is 0.261 e. The van der Waals surface area contributed by atoms with Crippen molar-refractivity contribution in [2.24, 2.45) is 5.92 Å². The molecule has 3 rings (SSSR count). The van der Waals surface area contributed by atoms with Gasteiger partial charge in [-0.3, -0.25) is 9.59 Å². The first-order chi connectivity index (χ1) is 12.8. The molecular weight excluding hydrogens is 347 g/mol. The Morgan fingerprint density at radius 2 is 1.85 bits per heavy atom. The molecule has 0 aliphatic carbocycles. The van der Waals surface area contributed by atoms with E-state index in [2.05, 4.69) is 5.32 Å². The summed E-state index contributed by atoms with van der Waals surface area (Å²) in [6.07, 6.45) is 0. The Labute approximate surface area is 158 Å². The van der Waals surface area contributed by atoms with Gasteiger partial charge in [0.15, 0.2) is 6.61 Å². The van der Waals surface area contributed by atoms with Gasteiger partial charge in [0.2, 0.25) is 5.91 Å². The molecular formula is C21H23FN2O3. The zero-order valence-electron chi connectivity index (χ0n) is 15.7. The maximum Gasteiger partial charge on any atom is 0.261 e. The molecule has 0 fully saturated rings. The van der Waals surface area contributed by atoms with Crippen molar-refractivity contribution in [1.82, 2.24) is 4.90 Å². The average molecular weight is 370 g/mol. The van der Waals surface area contributed by atoms with Gasteiger partial charge in [-0.15, -0.1) is 0 Å². The van der Waals surface area contributed by atoms with Crippen LogP contribution in [0.1, 0.15) is 37.9 Å². The number of benzene rings is 2. The van der Waals surface area contributed by atoms with Gasteiger partial charge in [-0.2, -0.15) is 0 Å². The topological polar surface area (TPSA) is 58.6 Å². The number of carbonyl (C=O) groups is 2. The lowest BCUT2D eigenvalue weighted by Gasteiger charge is -2.28. The van der Waals surface area contributed by atoms with Crippen molar-refractivity contribution < 1.29 is 18.7 Å². The lowest BCUT2D eigenvalue weighted by atomic mass is 10.1. The summed E-state index contributed by atoms with van der Waals surface area (Å²) in [6, 6.07) is 11.3. The summed E-state index contributed by atoms with van der Waals surface area (Å²) in [7, 11) is 0. The van der Waals surface area contributed by atoms with E-state index in [1.807, 2.05) is 26.8 Å². The largest absolute Gasteiger partial charge is 0.483 e. The molecule has 142 valence electrons. The summed E-state index contributed by atoms with van der Waals surface area (Å²) < 4.78 is 18.8. The fourth-order valence-electron chi connectivity index (χ4n) is 2.98. The van der Waals surface area contributed by atoms with Crippen LogP contribution in [0.5, 0.6) is 5.75 Å². The predicted octanol–water partition coefficient (Wildman–Crippen LogP) is 3.90. The van der Waals surface area contributed by atoms with Crippen molar-refractivity contribution in [3.63, 3.8) is 0 Å². The van der Waals surface area contributed by atoms with Crippen molar-refractivity contribution in [3.05, 3.63) is 59.4 Å². The van der Waals surface area contributed by atoms with Crippen molar-refractivity contribution in [2.45, 2.75) is 33.4 Å². The third-order valence-electron chi connectivity index (χ3n) is 4.68. The molecule has 1 aliphatic heterocycles. The van der Waals surface area contributed by atoms with Crippen LogP contribution in [0.25, 0.3) is 0 Å². The van der Waals surface area contributed by atoms with E-state index < -0.39 is 0 Å². The summed E-state index contributed by atoms with van der Waals surface area (Å²) in [5.74, 6) is -0.0309. The van der Waals surface area contributed by atoms with E-state index in [-0.39, 0.29) is 36.2 Å². The molecule has 0 spiro atoms. The van der Waals surface area contributed by atoms with Crippen LogP contribution in [-0.2, 0) is 16.1 Å².